The number of benzene rings is 3. The predicted molar refractivity (Wildman–Crippen MR) is 135 cm³/mol. The highest BCUT2D eigenvalue weighted by Crippen LogP contribution is 2.40. The molecule has 2 heterocycles. The van der Waals surface area contributed by atoms with E-state index in [9.17, 15) is 0 Å². The van der Waals surface area contributed by atoms with Crippen LogP contribution < -0.4 is 0 Å². The Kier molecular flexibility index (Phi) is 8.12. The Labute approximate surface area is 213 Å². The molecule has 0 saturated carbocycles. The van der Waals surface area contributed by atoms with E-state index in [2.05, 4.69) is 0 Å². The molecule has 5 atom stereocenters. The van der Waals surface area contributed by atoms with Gasteiger partial charge in [0.1, 0.15) is 24.4 Å². The molecule has 3 aromatic carbocycles. The molecule has 0 N–H and O–H groups in total. The molecule has 2 aliphatic rings. The van der Waals surface area contributed by atoms with Gasteiger partial charge < -0.3 is 28.4 Å². The maximum atomic E-state index is 6.44. The summed E-state index contributed by atoms with van der Waals surface area (Å²) < 4.78 is 37.6. The summed E-state index contributed by atoms with van der Waals surface area (Å²) in [4.78, 5) is 0. The van der Waals surface area contributed by atoms with Crippen LogP contribution in [0.2, 0.25) is 0 Å². The fourth-order valence-electron chi connectivity index (χ4n) is 4.64. The molecule has 0 amide bonds. The average Bonchev–Trinajstić information content (AvgIpc) is 3.38. The Hall–Kier alpha value is -2.58. The van der Waals surface area contributed by atoms with Crippen LogP contribution in [-0.4, -0.2) is 43.1 Å². The molecule has 3 aromatic rings. The lowest BCUT2D eigenvalue weighted by Crippen LogP contribution is -2.45. The van der Waals surface area contributed by atoms with Gasteiger partial charge in [-0.2, -0.15) is 0 Å². The summed E-state index contributed by atoms with van der Waals surface area (Å²) in [6.07, 6.45) is -2.05. The van der Waals surface area contributed by atoms with Gasteiger partial charge in [0.15, 0.2) is 12.1 Å². The van der Waals surface area contributed by atoms with Gasteiger partial charge in [0.2, 0.25) is 0 Å². The zero-order valence-corrected chi connectivity index (χ0v) is 20.8. The number of hydrogen-bond acceptors (Lipinski definition) is 6. The molecule has 2 saturated heterocycles. The van der Waals surface area contributed by atoms with Crippen molar-refractivity contribution in [1.29, 1.82) is 0 Å². The third-order valence-corrected chi connectivity index (χ3v) is 6.38. The van der Waals surface area contributed by atoms with Gasteiger partial charge in [0.05, 0.1) is 26.4 Å². The number of rotatable bonds is 11. The van der Waals surface area contributed by atoms with Crippen LogP contribution in [0.1, 0.15) is 30.5 Å². The normalized spacial score (nSPS) is 25.5. The van der Waals surface area contributed by atoms with Crippen molar-refractivity contribution in [2.24, 2.45) is 0 Å². The monoisotopic (exact) mass is 490 g/mol. The topological polar surface area (TPSA) is 55.4 Å². The van der Waals surface area contributed by atoms with Gasteiger partial charge in [-0.3, -0.25) is 0 Å². The zero-order valence-electron chi connectivity index (χ0n) is 20.8. The van der Waals surface area contributed by atoms with Crippen LogP contribution in [0, 0.1) is 0 Å². The molecule has 2 aliphatic heterocycles. The van der Waals surface area contributed by atoms with Crippen LogP contribution in [-0.2, 0) is 48.2 Å². The van der Waals surface area contributed by atoms with Crippen molar-refractivity contribution in [3.05, 3.63) is 108 Å². The summed E-state index contributed by atoms with van der Waals surface area (Å²) >= 11 is 0. The van der Waals surface area contributed by atoms with Crippen LogP contribution in [0.25, 0.3) is 0 Å². The van der Waals surface area contributed by atoms with E-state index in [-0.39, 0.29) is 18.3 Å². The Morgan fingerprint density at radius 1 is 0.722 bits per heavy atom. The predicted octanol–water partition coefficient (Wildman–Crippen LogP) is 5.25. The van der Waals surface area contributed by atoms with E-state index >= 15 is 0 Å². The zero-order chi connectivity index (χ0) is 24.8. The Morgan fingerprint density at radius 3 is 1.89 bits per heavy atom. The van der Waals surface area contributed by atoms with E-state index in [1.807, 2.05) is 105 Å². The van der Waals surface area contributed by atoms with Gasteiger partial charge in [-0.25, -0.2) is 0 Å². The van der Waals surface area contributed by atoms with Crippen LogP contribution in [0.4, 0.5) is 0 Å². The average molecular weight is 491 g/mol. The molecular formula is C30H34O6. The van der Waals surface area contributed by atoms with Gasteiger partial charge in [0, 0.05) is 0 Å². The molecule has 0 bridgehead atoms. The Bertz CT molecular complexity index is 1060. The van der Waals surface area contributed by atoms with E-state index < -0.39 is 18.2 Å². The number of fused-ring (bicyclic) bond motifs is 1. The molecular weight excluding hydrogens is 456 g/mol. The van der Waals surface area contributed by atoms with Gasteiger partial charge in [-0.15, -0.1) is 0 Å². The van der Waals surface area contributed by atoms with Crippen molar-refractivity contribution in [3.63, 3.8) is 0 Å². The minimum atomic E-state index is -0.737. The van der Waals surface area contributed by atoms with E-state index in [0.717, 1.165) is 16.7 Å². The molecule has 6 nitrogen and oxygen atoms in total. The summed E-state index contributed by atoms with van der Waals surface area (Å²) in [5, 5.41) is 0. The summed E-state index contributed by atoms with van der Waals surface area (Å²) in [7, 11) is 0. The first-order valence-electron chi connectivity index (χ1n) is 12.5. The Morgan fingerprint density at radius 2 is 1.28 bits per heavy atom. The third kappa shape index (κ3) is 6.40. The second-order valence-corrected chi connectivity index (χ2v) is 9.67. The van der Waals surface area contributed by atoms with Crippen LogP contribution in [0.15, 0.2) is 91.0 Å². The molecule has 0 aliphatic carbocycles. The quantitative estimate of drug-likeness (QED) is 0.366. The van der Waals surface area contributed by atoms with Crippen molar-refractivity contribution in [3.8, 4) is 0 Å². The lowest BCUT2D eigenvalue weighted by Gasteiger charge is -2.31. The van der Waals surface area contributed by atoms with Crippen LogP contribution >= 0.6 is 0 Å². The second kappa shape index (κ2) is 11.6. The molecule has 0 radical (unpaired) electrons. The molecule has 2 fully saturated rings. The molecule has 0 unspecified atom stereocenters. The molecule has 36 heavy (non-hydrogen) atoms. The van der Waals surface area contributed by atoms with Gasteiger partial charge in [0.25, 0.3) is 0 Å². The second-order valence-electron chi connectivity index (χ2n) is 9.67. The maximum Gasteiger partial charge on any atom is 0.190 e. The highest BCUT2D eigenvalue weighted by Gasteiger charge is 2.57. The summed E-state index contributed by atoms with van der Waals surface area (Å²) in [6, 6.07) is 30.3. The molecule has 5 rings (SSSR count). The first kappa shape index (κ1) is 25.1. The number of hydrogen-bond donors (Lipinski definition) is 0. The summed E-state index contributed by atoms with van der Waals surface area (Å²) in [6.45, 7) is 5.50. The van der Waals surface area contributed by atoms with E-state index in [0.29, 0.717) is 26.4 Å². The van der Waals surface area contributed by atoms with Crippen LogP contribution in [0.3, 0.4) is 0 Å². The van der Waals surface area contributed by atoms with E-state index in [1.165, 1.54) is 0 Å². The maximum absolute atomic E-state index is 6.44. The fraction of sp³-hybridized carbons (Fsp3) is 0.400. The van der Waals surface area contributed by atoms with Gasteiger partial charge >= 0.3 is 0 Å². The van der Waals surface area contributed by atoms with Crippen molar-refractivity contribution in [2.45, 2.75) is 70.2 Å². The largest absolute Gasteiger partial charge is 0.374 e. The smallest absolute Gasteiger partial charge is 0.190 e. The van der Waals surface area contributed by atoms with E-state index in [4.69, 9.17) is 28.4 Å². The number of ether oxygens (including phenoxy) is 6. The molecule has 6 heteroatoms. The first-order chi connectivity index (χ1) is 17.6. The molecule has 0 aromatic heterocycles. The highest BCUT2D eigenvalue weighted by atomic mass is 16.8. The standard InChI is InChI=1S/C30H34O6/c1-30(2)35-28-27(33-20-24-16-10-5-11-17-24)26(34-29(28)36-30)25(32-19-23-14-8-4-9-15-23)21-31-18-22-12-6-3-7-13-22/h3-17,25-29H,18-21H2,1-2H3/t25-,26-,27+,28-,29-/m1/s1. The highest BCUT2D eigenvalue weighted by molar-refractivity contribution is 5.15. The minimum absolute atomic E-state index is 0.348. The fourth-order valence-corrected chi connectivity index (χ4v) is 4.64. The van der Waals surface area contributed by atoms with Crippen molar-refractivity contribution in [1.82, 2.24) is 0 Å². The Balaban J connectivity index is 1.32. The minimum Gasteiger partial charge on any atom is -0.374 e. The molecule has 0 spiro atoms. The van der Waals surface area contributed by atoms with Crippen LogP contribution in [0.5, 0.6) is 0 Å². The summed E-state index contributed by atoms with van der Waals surface area (Å²) in [5.74, 6) is -0.737. The summed E-state index contributed by atoms with van der Waals surface area (Å²) in [5.41, 5.74) is 3.27. The van der Waals surface area contributed by atoms with Crippen molar-refractivity contribution < 1.29 is 28.4 Å². The third-order valence-electron chi connectivity index (χ3n) is 6.38. The first-order valence-corrected chi connectivity index (χ1v) is 12.5. The molecule has 190 valence electrons. The lowest BCUT2D eigenvalue weighted by atomic mass is 10.1. The lowest BCUT2D eigenvalue weighted by molar-refractivity contribution is -0.238. The van der Waals surface area contributed by atoms with E-state index in [1.54, 1.807) is 0 Å². The van der Waals surface area contributed by atoms with Gasteiger partial charge in [-0.1, -0.05) is 91.0 Å². The van der Waals surface area contributed by atoms with Crippen molar-refractivity contribution >= 4 is 0 Å². The van der Waals surface area contributed by atoms with Crippen molar-refractivity contribution in [2.75, 3.05) is 6.61 Å². The van der Waals surface area contributed by atoms with Gasteiger partial charge in [-0.05, 0) is 30.5 Å². The SMILES string of the molecule is CC1(C)O[C@H]2O[C@H]([C@@H](COCc3ccccc3)OCc3ccccc3)[C@H](OCc3ccccc3)[C@H]2O1.